The lowest BCUT2D eigenvalue weighted by Crippen LogP contribution is -2.41. The number of carbonyl (C=O) groups is 1. The van der Waals surface area contributed by atoms with Crippen LogP contribution in [0.1, 0.15) is 12.2 Å². The van der Waals surface area contributed by atoms with Crippen LogP contribution in [0.3, 0.4) is 0 Å². The van der Waals surface area contributed by atoms with Crippen LogP contribution in [0.5, 0.6) is 0 Å². The Morgan fingerprint density at radius 3 is 3.29 bits per heavy atom. The van der Waals surface area contributed by atoms with E-state index in [0.29, 0.717) is 25.4 Å². The van der Waals surface area contributed by atoms with E-state index in [9.17, 15) is 4.79 Å². The van der Waals surface area contributed by atoms with E-state index in [0.717, 1.165) is 13.1 Å². The standard InChI is InChI=1S/C10H17N5O2/c1-15-7-13-9(14-15)6-12-10(16)4-8-5-11-2-3-17-8/h7-8,11H,2-6H2,1H3,(H,12,16). The van der Waals surface area contributed by atoms with Crippen LogP contribution in [0.4, 0.5) is 0 Å². The number of rotatable bonds is 4. The van der Waals surface area contributed by atoms with Crippen LogP contribution in [0.25, 0.3) is 0 Å². The number of aromatic nitrogens is 3. The Morgan fingerprint density at radius 1 is 1.76 bits per heavy atom. The lowest BCUT2D eigenvalue weighted by atomic mass is 10.2. The monoisotopic (exact) mass is 239 g/mol. The van der Waals surface area contributed by atoms with E-state index in [2.05, 4.69) is 20.7 Å². The molecule has 1 aromatic rings. The number of aryl methyl sites for hydroxylation is 1. The van der Waals surface area contributed by atoms with Crippen molar-refractivity contribution < 1.29 is 9.53 Å². The molecule has 94 valence electrons. The molecule has 1 saturated heterocycles. The summed E-state index contributed by atoms with van der Waals surface area (Å²) < 4.78 is 7.05. The minimum absolute atomic E-state index is 0.0274. The zero-order valence-electron chi connectivity index (χ0n) is 9.85. The molecule has 1 unspecified atom stereocenters. The quantitative estimate of drug-likeness (QED) is 0.690. The van der Waals surface area contributed by atoms with Crippen molar-refractivity contribution in [2.75, 3.05) is 19.7 Å². The predicted octanol–water partition coefficient (Wildman–Crippen LogP) is -1.19. The van der Waals surface area contributed by atoms with Crippen molar-refractivity contribution in [3.05, 3.63) is 12.2 Å². The highest BCUT2D eigenvalue weighted by molar-refractivity contribution is 5.76. The molecule has 2 heterocycles. The first-order chi connectivity index (χ1) is 8.24. The fourth-order valence-corrected chi connectivity index (χ4v) is 1.67. The Hall–Kier alpha value is -1.47. The molecule has 1 aliphatic heterocycles. The molecule has 2 N–H and O–H groups in total. The second-order valence-electron chi connectivity index (χ2n) is 4.01. The third kappa shape index (κ3) is 3.79. The minimum Gasteiger partial charge on any atom is -0.375 e. The van der Waals surface area contributed by atoms with E-state index in [1.807, 2.05) is 0 Å². The average Bonchev–Trinajstić information content (AvgIpc) is 2.74. The molecule has 2 rings (SSSR count). The van der Waals surface area contributed by atoms with Crippen molar-refractivity contribution in [3.63, 3.8) is 0 Å². The van der Waals surface area contributed by atoms with Gasteiger partial charge in [0.25, 0.3) is 0 Å². The number of ether oxygens (including phenoxy) is 1. The van der Waals surface area contributed by atoms with E-state index in [1.54, 1.807) is 18.1 Å². The van der Waals surface area contributed by atoms with Crippen molar-refractivity contribution >= 4 is 5.91 Å². The lowest BCUT2D eigenvalue weighted by Gasteiger charge is -2.22. The van der Waals surface area contributed by atoms with Crippen molar-refractivity contribution in [3.8, 4) is 0 Å². The maximum absolute atomic E-state index is 11.6. The van der Waals surface area contributed by atoms with Gasteiger partial charge < -0.3 is 15.4 Å². The molecule has 1 fully saturated rings. The Bertz CT molecular complexity index is 373. The maximum atomic E-state index is 11.6. The van der Waals surface area contributed by atoms with Crippen LogP contribution >= 0.6 is 0 Å². The summed E-state index contributed by atoms with van der Waals surface area (Å²) in [5.41, 5.74) is 0. The summed E-state index contributed by atoms with van der Waals surface area (Å²) in [7, 11) is 1.79. The summed E-state index contributed by atoms with van der Waals surface area (Å²) >= 11 is 0. The number of nitrogens with zero attached hydrogens (tertiary/aromatic N) is 3. The Morgan fingerprint density at radius 2 is 2.65 bits per heavy atom. The number of nitrogens with one attached hydrogen (secondary N) is 2. The van der Waals surface area contributed by atoms with Gasteiger partial charge in [-0.15, -0.1) is 0 Å². The van der Waals surface area contributed by atoms with Crippen LogP contribution < -0.4 is 10.6 Å². The first kappa shape index (κ1) is 12.0. The SMILES string of the molecule is Cn1cnc(CNC(=O)CC2CNCCO2)n1. The normalized spacial score (nSPS) is 20.2. The van der Waals surface area contributed by atoms with Gasteiger partial charge in [-0.05, 0) is 0 Å². The van der Waals surface area contributed by atoms with E-state index in [-0.39, 0.29) is 12.0 Å². The van der Waals surface area contributed by atoms with Gasteiger partial charge >= 0.3 is 0 Å². The molecule has 7 nitrogen and oxygen atoms in total. The molecule has 1 aromatic heterocycles. The highest BCUT2D eigenvalue weighted by atomic mass is 16.5. The van der Waals surface area contributed by atoms with Crippen LogP contribution in [0.2, 0.25) is 0 Å². The van der Waals surface area contributed by atoms with Crippen molar-refractivity contribution in [1.82, 2.24) is 25.4 Å². The summed E-state index contributed by atoms with van der Waals surface area (Å²) in [6.07, 6.45) is 1.95. The van der Waals surface area contributed by atoms with E-state index >= 15 is 0 Å². The zero-order valence-corrected chi connectivity index (χ0v) is 9.85. The van der Waals surface area contributed by atoms with Crippen LogP contribution in [-0.4, -0.2) is 46.5 Å². The molecule has 17 heavy (non-hydrogen) atoms. The van der Waals surface area contributed by atoms with Gasteiger partial charge in [0.2, 0.25) is 5.91 Å². The summed E-state index contributed by atoms with van der Waals surface area (Å²) in [6, 6.07) is 0. The smallest absolute Gasteiger partial charge is 0.223 e. The number of hydrogen-bond acceptors (Lipinski definition) is 5. The van der Waals surface area contributed by atoms with E-state index in [4.69, 9.17) is 4.74 Å². The van der Waals surface area contributed by atoms with Crippen molar-refractivity contribution in [1.29, 1.82) is 0 Å². The topological polar surface area (TPSA) is 81.1 Å². The van der Waals surface area contributed by atoms with Gasteiger partial charge in [-0.25, -0.2) is 4.98 Å². The van der Waals surface area contributed by atoms with Gasteiger partial charge in [0.05, 0.1) is 25.7 Å². The molecule has 0 aromatic carbocycles. The van der Waals surface area contributed by atoms with E-state index < -0.39 is 0 Å². The van der Waals surface area contributed by atoms with E-state index in [1.165, 1.54) is 0 Å². The van der Waals surface area contributed by atoms with Crippen molar-refractivity contribution in [2.24, 2.45) is 7.05 Å². The second kappa shape index (κ2) is 5.74. The van der Waals surface area contributed by atoms with Gasteiger partial charge in [-0.2, -0.15) is 5.10 Å². The lowest BCUT2D eigenvalue weighted by molar-refractivity contribution is -0.124. The summed E-state index contributed by atoms with van der Waals surface area (Å²) in [6.45, 7) is 2.62. The third-order valence-corrected chi connectivity index (χ3v) is 2.51. The molecule has 0 saturated carbocycles. The van der Waals surface area contributed by atoms with Gasteiger partial charge in [-0.1, -0.05) is 0 Å². The molecule has 1 atom stereocenters. The fourth-order valence-electron chi connectivity index (χ4n) is 1.67. The molecule has 0 aliphatic carbocycles. The highest BCUT2D eigenvalue weighted by Gasteiger charge is 2.17. The molecular weight excluding hydrogens is 222 g/mol. The third-order valence-electron chi connectivity index (χ3n) is 2.51. The molecule has 0 spiro atoms. The van der Waals surface area contributed by atoms with Gasteiger partial charge in [0.1, 0.15) is 6.33 Å². The van der Waals surface area contributed by atoms with Gasteiger partial charge in [0, 0.05) is 20.1 Å². The Balaban J connectivity index is 1.70. The first-order valence-corrected chi connectivity index (χ1v) is 5.67. The largest absolute Gasteiger partial charge is 0.375 e. The van der Waals surface area contributed by atoms with Crippen molar-refractivity contribution in [2.45, 2.75) is 19.1 Å². The summed E-state index contributed by atoms with van der Waals surface area (Å²) in [5.74, 6) is 0.578. The van der Waals surface area contributed by atoms with Crippen LogP contribution in [0.15, 0.2) is 6.33 Å². The maximum Gasteiger partial charge on any atom is 0.223 e. The Labute approximate surface area is 99.5 Å². The molecular formula is C10H17N5O2. The molecule has 7 heteroatoms. The number of amides is 1. The molecule has 1 amide bonds. The van der Waals surface area contributed by atoms with Gasteiger partial charge in [-0.3, -0.25) is 9.48 Å². The molecule has 1 aliphatic rings. The second-order valence-corrected chi connectivity index (χ2v) is 4.01. The molecule has 0 radical (unpaired) electrons. The highest BCUT2D eigenvalue weighted by Crippen LogP contribution is 2.01. The minimum atomic E-state index is -0.0360. The fraction of sp³-hybridized carbons (Fsp3) is 0.700. The first-order valence-electron chi connectivity index (χ1n) is 5.67. The summed E-state index contributed by atoms with van der Waals surface area (Å²) in [5, 5.41) is 10.0. The Kier molecular flexibility index (Phi) is 4.05. The van der Waals surface area contributed by atoms with Gasteiger partial charge in [0.15, 0.2) is 5.82 Å². The number of hydrogen-bond donors (Lipinski definition) is 2. The predicted molar refractivity (Wildman–Crippen MR) is 60.1 cm³/mol. The van der Waals surface area contributed by atoms with Crippen LogP contribution in [-0.2, 0) is 23.1 Å². The molecule has 0 bridgehead atoms. The number of carbonyl (C=O) groups excluding carboxylic acids is 1. The zero-order chi connectivity index (χ0) is 12.1. The number of morpholine rings is 1. The average molecular weight is 239 g/mol. The summed E-state index contributed by atoms with van der Waals surface area (Å²) in [4.78, 5) is 15.6. The van der Waals surface area contributed by atoms with Crippen LogP contribution in [0, 0.1) is 0 Å².